The van der Waals surface area contributed by atoms with E-state index < -0.39 is 0 Å². The minimum Gasteiger partial charge on any atom is -0.322 e. The average Bonchev–Trinajstić information content (AvgIpc) is 3.16. The number of hydrazone groups is 1. The summed E-state index contributed by atoms with van der Waals surface area (Å²) in [5, 5.41) is 3.98. The number of hydrogen-bond acceptors (Lipinski definition) is 4. The summed E-state index contributed by atoms with van der Waals surface area (Å²) < 4.78 is 0.904. The average molecular weight is 494 g/mol. The largest absolute Gasteiger partial charge is 0.322 e. The molecule has 1 heterocycles. The highest BCUT2D eigenvalue weighted by atomic mass is 79.9. The van der Waals surface area contributed by atoms with Crippen LogP contribution in [-0.4, -0.2) is 28.7 Å². The molecule has 1 saturated heterocycles. The summed E-state index contributed by atoms with van der Waals surface area (Å²) in [6.45, 7) is 0.573. The Hall–Kier alpha value is -2.90. The predicted molar refractivity (Wildman–Crippen MR) is 128 cm³/mol. The van der Waals surface area contributed by atoms with Crippen LogP contribution in [0.5, 0.6) is 0 Å². The second kappa shape index (κ2) is 9.94. The summed E-state index contributed by atoms with van der Waals surface area (Å²) in [5.74, 6) is 0.303. The van der Waals surface area contributed by atoms with Crippen molar-refractivity contribution in [3.8, 4) is 0 Å². The molecule has 31 heavy (non-hydrogen) atoms. The first-order chi connectivity index (χ1) is 15.1. The molecule has 1 aliphatic rings. The molecule has 7 heteroatoms. The van der Waals surface area contributed by atoms with E-state index in [1.54, 1.807) is 30.1 Å². The van der Waals surface area contributed by atoms with Gasteiger partial charge in [-0.3, -0.25) is 9.59 Å². The normalized spacial score (nSPS) is 16.1. The zero-order chi connectivity index (χ0) is 21.6. The lowest BCUT2D eigenvalue weighted by atomic mass is 10.1. The number of hydrogen-bond donors (Lipinski definition) is 1. The van der Waals surface area contributed by atoms with Crippen molar-refractivity contribution in [1.29, 1.82) is 0 Å². The first-order valence-electron chi connectivity index (χ1n) is 9.75. The third kappa shape index (κ3) is 5.24. The summed E-state index contributed by atoms with van der Waals surface area (Å²) in [6, 6.07) is 24.9. The fraction of sp³-hybridized carbons (Fsp3) is 0.125. The molecule has 1 N–H and O–H groups in total. The second-order valence-corrected chi connectivity index (χ2v) is 8.94. The van der Waals surface area contributed by atoms with Gasteiger partial charge in [-0.25, -0.2) is 5.43 Å². The Kier molecular flexibility index (Phi) is 6.84. The Morgan fingerprint density at radius 1 is 1.06 bits per heavy atom. The van der Waals surface area contributed by atoms with Crippen molar-refractivity contribution in [2.75, 3.05) is 5.75 Å². The first kappa shape index (κ1) is 21.3. The van der Waals surface area contributed by atoms with Crippen LogP contribution in [0.1, 0.15) is 32.4 Å². The molecule has 4 rings (SSSR count). The highest BCUT2D eigenvalue weighted by Crippen LogP contribution is 2.39. The van der Waals surface area contributed by atoms with Gasteiger partial charge in [0.1, 0.15) is 5.37 Å². The summed E-state index contributed by atoms with van der Waals surface area (Å²) in [6.07, 6.45) is 1.60. The van der Waals surface area contributed by atoms with E-state index >= 15 is 0 Å². The SMILES string of the molecule is O=C(N/N=C\c1ccccc1Br)c1ccc([C@H]2SCC(=O)N2Cc2ccccc2)cc1. The predicted octanol–water partition coefficient (Wildman–Crippen LogP) is 4.99. The van der Waals surface area contributed by atoms with Gasteiger partial charge in [-0.1, -0.05) is 76.6 Å². The molecule has 0 bridgehead atoms. The maximum absolute atomic E-state index is 12.4. The lowest BCUT2D eigenvalue weighted by Gasteiger charge is -2.24. The van der Waals surface area contributed by atoms with Crippen molar-refractivity contribution in [2.24, 2.45) is 5.10 Å². The van der Waals surface area contributed by atoms with Gasteiger partial charge in [-0.15, -0.1) is 11.8 Å². The van der Waals surface area contributed by atoms with Gasteiger partial charge in [0.15, 0.2) is 0 Å². The van der Waals surface area contributed by atoms with Crippen molar-refractivity contribution in [2.45, 2.75) is 11.9 Å². The molecule has 1 aliphatic heterocycles. The van der Waals surface area contributed by atoms with Gasteiger partial charge in [0, 0.05) is 22.1 Å². The van der Waals surface area contributed by atoms with Crippen molar-refractivity contribution in [1.82, 2.24) is 10.3 Å². The van der Waals surface area contributed by atoms with Gasteiger partial charge in [0.25, 0.3) is 5.91 Å². The topological polar surface area (TPSA) is 61.8 Å². The molecule has 3 aromatic rings. The molecule has 5 nitrogen and oxygen atoms in total. The van der Waals surface area contributed by atoms with Crippen LogP contribution in [0.25, 0.3) is 0 Å². The quantitative estimate of drug-likeness (QED) is 0.388. The third-order valence-electron chi connectivity index (χ3n) is 4.90. The van der Waals surface area contributed by atoms with E-state index in [2.05, 4.69) is 26.5 Å². The van der Waals surface area contributed by atoms with E-state index in [1.807, 2.05) is 71.6 Å². The first-order valence-corrected chi connectivity index (χ1v) is 11.6. The summed E-state index contributed by atoms with van der Waals surface area (Å²) in [7, 11) is 0. The van der Waals surface area contributed by atoms with Crippen LogP contribution in [0.15, 0.2) is 88.4 Å². The number of thioether (sulfide) groups is 1. The Balaban J connectivity index is 1.41. The molecule has 0 aliphatic carbocycles. The number of nitrogens with one attached hydrogen (secondary N) is 1. The molecule has 0 radical (unpaired) electrons. The minimum atomic E-state index is -0.286. The number of nitrogens with zero attached hydrogens (tertiary/aromatic N) is 2. The van der Waals surface area contributed by atoms with E-state index in [0.717, 1.165) is 21.2 Å². The number of halogens is 1. The van der Waals surface area contributed by atoms with Gasteiger partial charge >= 0.3 is 0 Å². The Bertz CT molecular complexity index is 1100. The van der Waals surface area contributed by atoms with Gasteiger partial charge < -0.3 is 4.90 Å². The van der Waals surface area contributed by atoms with Crippen molar-refractivity contribution >= 4 is 45.7 Å². The van der Waals surface area contributed by atoms with Gasteiger partial charge in [-0.2, -0.15) is 5.10 Å². The smallest absolute Gasteiger partial charge is 0.271 e. The van der Waals surface area contributed by atoms with E-state index in [-0.39, 0.29) is 17.2 Å². The molecular weight excluding hydrogens is 474 g/mol. The van der Waals surface area contributed by atoms with Crippen molar-refractivity contribution < 1.29 is 9.59 Å². The van der Waals surface area contributed by atoms with Gasteiger partial charge in [-0.05, 0) is 29.3 Å². The summed E-state index contributed by atoms with van der Waals surface area (Å²) in [4.78, 5) is 26.7. The maximum Gasteiger partial charge on any atom is 0.271 e. The zero-order valence-corrected chi connectivity index (χ0v) is 19.0. The highest BCUT2D eigenvalue weighted by Gasteiger charge is 2.32. The summed E-state index contributed by atoms with van der Waals surface area (Å²) >= 11 is 5.05. The second-order valence-electron chi connectivity index (χ2n) is 7.01. The highest BCUT2D eigenvalue weighted by molar-refractivity contribution is 9.10. The third-order valence-corrected chi connectivity index (χ3v) is 6.87. The van der Waals surface area contributed by atoms with E-state index in [9.17, 15) is 9.59 Å². The Labute approximate surface area is 193 Å². The molecule has 0 spiro atoms. The monoisotopic (exact) mass is 493 g/mol. The number of amides is 2. The number of benzene rings is 3. The molecule has 1 fully saturated rings. The zero-order valence-electron chi connectivity index (χ0n) is 16.6. The maximum atomic E-state index is 12.4. The van der Waals surface area contributed by atoms with Crippen LogP contribution >= 0.6 is 27.7 Å². The van der Waals surface area contributed by atoms with Crippen LogP contribution < -0.4 is 5.43 Å². The molecule has 1 atom stereocenters. The Morgan fingerprint density at radius 3 is 2.52 bits per heavy atom. The molecule has 0 aromatic heterocycles. The molecule has 0 saturated carbocycles. The van der Waals surface area contributed by atoms with Crippen LogP contribution in [0, 0.1) is 0 Å². The molecular formula is C24H20BrN3O2S. The van der Waals surface area contributed by atoms with E-state index in [4.69, 9.17) is 0 Å². The lowest BCUT2D eigenvalue weighted by molar-refractivity contribution is -0.128. The van der Waals surface area contributed by atoms with Crippen molar-refractivity contribution in [3.05, 3.63) is 106 Å². The molecule has 3 aromatic carbocycles. The van der Waals surface area contributed by atoms with E-state index in [1.165, 1.54) is 0 Å². The Morgan fingerprint density at radius 2 is 1.77 bits per heavy atom. The molecule has 156 valence electrons. The van der Waals surface area contributed by atoms with Crippen LogP contribution in [0.4, 0.5) is 0 Å². The number of rotatable bonds is 6. The van der Waals surface area contributed by atoms with Gasteiger partial charge in [0.2, 0.25) is 5.91 Å². The summed E-state index contributed by atoms with van der Waals surface area (Å²) in [5.41, 5.74) is 6.04. The molecule has 2 amide bonds. The van der Waals surface area contributed by atoms with Crippen LogP contribution in [0.3, 0.4) is 0 Å². The van der Waals surface area contributed by atoms with Crippen LogP contribution in [-0.2, 0) is 11.3 Å². The van der Waals surface area contributed by atoms with E-state index in [0.29, 0.717) is 17.9 Å². The number of carbonyl (C=O) groups excluding carboxylic acids is 2. The van der Waals surface area contributed by atoms with Crippen LogP contribution in [0.2, 0.25) is 0 Å². The number of carbonyl (C=O) groups is 2. The standard InChI is InChI=1S/C24H20BrN3O2S/c25-21-9-5-4-8-20(21)14-26-27-23(30)18-10-12-19(13-11-18)24-28(22(29)16-31-24)15-17-6-2-1-3-7-17/h1-14,24H,15-16H2,(H,27,30)/b26-14-/t24-/m1/s1. The fourth-order valence-electron chi connectivity index (χ4n) is 3.29. The lowest BCUT2D eigenvalue weighted by Crippen LogP contribution is -2.27. The van der Waals surface area contributed by atoms with Crippen molar-refractivity contribution in [3.63, 3.8) is 0 Å². The minimum absolute atomic E-state index is 0.0572. The van der Waals surface area contributed by atoms with Gasteiger partial charge in [0.05, 0.1) is 12.0 Å². The fourth-order valence-corrected chi connectivity index (χ4v) is 4.86. The molecule has 0 unspecified atom stereocenters.